The predicted octanol–water partition coefficient (Wildman–Crippen LogP) is 1.81. The first-order valence-electron chi connectivity index (χ1n) is 3.07. The van der Waals surface area contributed by atoms with Gasteiger partial charge in [-0.25, -0.2) is 0 Å². The maximum absolute atomic E-state index is 8.72. The van der Waals surface area contributed by atoms with Crippen LogP contribution < -0.4 is 0 Å². The molecule has 0 aliphatic rings. The van der Waals surface area contributed by atoms with E-state index in [1.807, 2.05) is 6.07 Å². The van der Waals surface area contributed by atoms with Gasteiger partial charge in [-0.3, -0.25) is 0 Å². The van der Waals surface area contributed by atoms with Crippen LogP contribution >= 0.6 is 15.9 Å². The molecular weight excluding hydrogens is 206 g/mol. The molecule has 0 aliphatic carbocycles. The zero-order valence-electron chi connectivity index (χ0n) is 5.71. The van der Waals surface area contributed by atoms with Gasteiger partial charge >= 0.3 is 0 Å². The number of hydrogen-bond donors (Lipinski definition) is 1. The summed E-state index contributed by atoms with van der Waals surface area (Å²) in [5, 5.41) is 17.3. The Morgan fingerprint density at radius 3 is 2.82 bits per heavy atom. The summed E-state index contributed by atoms with van der Waals surface area (Å²) in [5.41, 5.74) is 1.31. The zero-order chi connectivity index (χ0) is 8.27. The molecule has 11 heavy (non-hydrogen) atoms. The Morgan fingerprint density at radius 2 is 2.27 bits per heavy atom. The van der Waals surface area contributed by atoms with Gasteiger partial charge in [0.1, 0.15) is 6.07 Å². The van der Waals surface area contributed by atoms with Crippen molar-refractivity contribution in [3.8, 4) is 6.07 Å². The van der Waals surface area contributed by atoms with Crippen LogP contribution in [-0.4, -0.2) is 5.11 Å². The highest BCUT2D eigenvalue weighted by Crippen LogP contribution is 2.16. The summed E-state index contributed by atoms with van der Waals surface area (Å²) in [4.78, 5) is 0. The largest absolute Gasteiger partial charge is 0.392 e. The summed E-state index contributed by atoms with van der Waals surface area (Å²) in [6, 6.07) is 7.19. The van der Waals surface area contributed by atoms with Gasteiger partial charge in [-0.1, -0.05) is 6.07 Å². The van der Waals surface area contributed by atoms with Gasteiger partial charge in [0, 0.05) is 4.47 Å². The molecule has 0 heterocycles. The molecule has 56 valence electrons. The Bertz CT molecular complexity index is 303. The highest BCUT2D eigenvalue weighted by molar-refractivity contribution is 9.10. The number of hydrogen-bond acceptors (Lipinski definition) is 2. The number of benzene rings is 1. The Hall–Kier alpha value is -0.850. The summed E-state index contributed by atoms with van der Waals surface area (Å²) >= 11 is 3.22. The Balaban J connectivity index is 3.15. The van der Waals surface area contributed by atoms with Crippen molar-refractivity contribution in [3.05, 3.63) is 33.8 Å². The minimum Gasteiger partial charge on any atom is -0.392 e. The van der Waals surface area contributed by atoms with E-state index in [0.29, 0.717) is 5.56 Å². The summed E-state index contributed by atoms with van der Waals surface area (Å²) < 4.78 is 0.761. The Labute approximate surface area is 73.2 Å². The number of rotatable bonds is 1. The lowest BCUT2D eigenvalue weighted by molar-refractivity contribution is 0.282. The molecule has 0 aliphatic heterocycles. The van der Waals surface area contributed by atoms with Gasteiger partial charge in [0.15, 0.2) is 0 Å². The fourth-order valence-electron chi connectivity index (χ4n) is 0.756. The molecular formula is C8H6BrNO. The van der Waals surface area contributed by atoms with Crippen molar-refractivity contribution in [1.29, 1.82) is 5.26 Å². The van der Waals surface area contributed by atoms with E-state index in [1.54, 1.807) is 18.2 Å². The SMILES string of the molecule is N#Cc1cc(CO)ccc1Br. The van der Waals surface area contributed by atoms with E-state index in [9.17, 15) is 0 Å². The summed E-state index contributed by atoms with van der Waals surface area (Å²) in [7, 11) is 0. The predicted molar refractivity (Wildman–Crippen MR) is 44.8 cm³/mol. The molecule has 0 saturated carbocycles. The Kier molecular flexibility index (Phi) is 2.64. The molecule has 1 N–H and O–H groups in total. The third kappa shape index (κ3) is 1.79. The summed E-state index contributed by atoms with van der Waals surface area (Å²) in [6.07, 6.45) is 0. The lowest BCUT2D eigenvalue weighted by Crippen LogP contribution is -1.84. The Morgan fingerprint density at radius 1 is 1.55 bits per heavy atom. The molecule has 1 aromatic rings. The quantitative estimate of drug-likeness (QED) is 0.771. The van der Waals surface area contributed by atoms with Gasteiger partial charge < -0.3 is 5.11 Å². The van der Waals surface area contributed by atoms with E-state index in [0.717, 1.165) is 10.0 Å². The van der Waals surface area contributed by atoms with Gasteiger partial charge in [0.25, 0.3) is 0 Å². The van der Waals surface area contributed by atoms with Crippen LogP contribution in [0.5, 0.6) is 0 Å². The van der Waals surface area contributed by atoms with Gasteiger partial charge in [0.05, 0.1) is 12.2 Å². The molecule has 3 heteroatoms. The molecule has 0 spiro atoms. The first-order valence-corrected chi connectivity index (χ1v) is 3.86. The van der Waals surface area contributed by atoms with Crippen molar-refractivity contribution in [3.63, 3.8) is 0 Å². The minimum atomic E-state index is -0.0258. The van der Waals surface area contributed by atoms with E-state index in [-0.39, 0.29) is 6.61 Å². The monoisotopic (exact) mass is 211 g/mol. The molecule has 0 fully saturated rings. The second kappa shape index (κ2) is 3.51. The first-order chi connectivity index (χ1) is 5.27. The molecule has 0 aromatic heterocycles. The van der Waals surface area contributed by atoms with Gasteiger partial charge in [0.2, 0.25) is 0 Å². The third-order valence-corrected chi connectivity index (χ3v) is 2.03. The number of aliphatic hydroxyl groups excluding tert-OH is 1. The average molecular weight is 212 g/mol. The first kappa shape index (κ1) is 8.25. The topological polar surface area (TPSA) is 44.0 Å². The van der Waals surface area contributed by atoms with Crippen molar-refractivity contribution in [2.45, 2.75) is 6.61 Å². The van der Waals surface area contributed by atoms with E-state index < -0.39 is 0 Å². The van der Waals surface area contributed by atoms with Crippen molar-refractivity contribution in [1.82, 2.24) is 0 Å². The van der Waals surface area contributed by atoms with Crippen molar-refractivity contribution in [2.24, 2.45) is 0 Å². The normalized spacial score (nSPS) is 9.18. The second-order valence-electron chi connectivity index (χ2n) is 2.08. The maximum Gasteiger partial charge on any atom is 0.100 e. The zero-order valence-corrected chi connectivity index (χ0v) is 7.30. The molecule has 0 bridgehead atoms. The van der Waals surface area contributed by atoms with Gasteiger partial charge in [-0.2, -0.15) is 5.26 Å². The van der Waals surface area contributed by atoms with E-state index >= 15 is 0 Å². The molecule has 1 aromatic carbocycles. The molecule has 1 rings (SSSR count). The van der Waals surface area contributed by atoms with E-state index in [4.69, 9.17) is 10.4 Å². The number of halogens is 1. The highest BCUT2D eigenvalue weighted by Gasteiger charge is 1.98. The highest BCUT2D eigenvalue weighted by atomic mass is 79.9. The minimum absolute atomic E-state index is 0.0258. The van der Waals surface area contributed by atoms with Crippen LogP contribution in [0, 0.1) is 11.3 Å². The standard InChI is InChI=1S/C8H6BrNO/c9-8-2-1-6(5-11)3-7(8)4-10/h1-3,11H,5H2. The fourth-order valence-corrected chi connectivity index (χ4v) is 1.09. The summed E-state index contributed by atoms with van der Waals surface area (Å²) in [6.45, 7) is -0.0258. The molecule has 0 saturated heterocycles. The molecule has 0 radical (unpaired) electrons. The maximum atomic E-state index is 8.72. The van der Waals surface area contributed by atoms with Crippen molar-refractivity contribution >= 4 is 15.9 Å². The van der Waals surface area contributed by atoms with E-state index in [2.05, 4.69) is 15.9 Å². The molecule has 0 unspecified atom stereocenters. The molecule has 0 amide bonds. The summed E-state index contributed by atoms with van der Waals surface area (Å²) in [5.74, 6) is 0. The number of aliphatic hydroxyl groups is 1. The van der Waals surface area contributed by atoms with Crippen LogP contribution in [0.2, 0.25) is 0 Å². The number of nitrogens with zero attached hydrogens (tertiary/aromatic N) is 1. The number of nitriles is 1. The smallest absolute Gasteiger partial charge is 0.100 e. The van der Waals surface area contributed by atoms with Crippen LogP contribution in [0.3, 0.4) is 0 Å². The molecule has 0 atom stereocenters. The average Bonchev–Trinajstić information content (AvgIpc) is 2.05. The fraction of sp³-hybridized carbons (Fsp3) is 0.125. The van der Waals surface area contributed by atoms with Gasteiger partial charge in [-0.15, -0.1) is 0 Å². The van der Waals surface area contributed by atoms with Crippen LogP contribution in [-0.2, 0) is 6.61 Å². The lowest BCUT2D eigenvalue weighted by atomic mass is 10.1. The van der Waals surface area contributed by atoms with Crippen LogP contribution in [0.4, 0.5) is 0 Å². The second-order valence-corrected chi connectivity index (χ2v) is 2.94. The van der Waals surface area contributed by atoms with Crippen molar-refractivity contribution < 1.29 is 5.11 Å². The van der Waals surface area contributed by atoms with Crippen LogP contribution in [0.1, 0.15) is 11.1 Å². The van der Waals surface area contributed by atoms with E-state index in [1.165, 1.54) is 0 Å². The molecule has 2 nitrogen and oxygen atoms in total. The van der Waals surface area contributed by atoms with Crippen molar-refractivity contribution in [2.75, 3.05) is 0 Å². The lowest BCUT2D eigenvalue weighted by Gasteiger charge is -1.97. The van der Waals surface area contributed by atoms with Crippen LogP contribution in [0.15, 0.2) is 22.7 Å². The van der Waals surface area contributed by atoms with Crippen LogP contribution in [0.25, 0.3) is 0 Å². The third-order valence-electron chi connectivity index (χ3n) is 1.33. The van der Waals surface area contributed by atoms with Gasteiger partial charge in [-0.05, 0) is 33.6 Å².